The summed E-state index contributed by atoms with van der Waals surface area (Å²) >= 11 is 1.75. The van der Waals surface area contributed by atoms with E-state index in [1.165, 1.54) is 15.5 Å². The van der Waals surface area contributed by atoms with Crippen molar-refractivity contribution in [2.75, 3.05) is 0 Å². The van der Waals surface area contributed by atoms with Crippen LogP contribution in [0.1, 0.15) is 12.6 Å². The van der Waals surface area contributed by atoms with Gasteiger partial charge in [0.05, 0.1) is 5.69 Å². The first kappa shape index (κ1) is 12.5. The number of aryl methyl sites for hydroxylation is 1. The van der Waals surface area contributed by atoms with E-state index in [1.807, 2.05) is 18.2 Å². The maximum Gasteiger partial charge on any atom is 0.161 e. The SMILES string of the molecule is CCc1nc(-c2ccccc2)nc2sc3ccccc3c12. The predicted octanol–water partition coefficient (Wildman–Crippen LogP) is 5.07. The van der Waals surface area contributed by atoms with Crippen molar-refractivity contribution < 1.29 is 0 Å². The Labute approximate surface area is 127 Å². The molecule has 0 spiro atoms. The van der Waals surface area contributed by atoms with Crippen molar-refractivity contribution in [3.8, 4) is 11.4 Å². The maximum absolute atomic E-state index is 4.81. The Morgan fingerprint density at radius 3 is 2.48 bits per heavy atom. The van der Waals surface area contributed by atoms with Gasteiger partial charge in [0.2, 0.25) is 0 Å². The van der Waals surface area contributed by atoms with Gasteiger partial charge in [-0.2, -0.15) is 0 Å². The van der Waals surface area contributed by atoms with Crippen molar-refractivity contribution in [1.82, 2.24) is 9.97 Å². The Hall–Kier alpha value is -2.26. The highest BCUT2D eigenvalue weighted by atomic mass is 32.1. The summed E-state index contributed by atoms with van der Waals surface area (Å²) < 4.78 is 1.28. The summed E-state index contributed by atoms with van der Waals surface area (Å²) in [4.78, 5) is 10.7. The molecule has 0 amide bonds. The van der Waals surface area contributed by atoms with Crippen molar-refractivity contribution in [2.24, 2.45) is 0 Å². The minimum absolute atomic E-state index is 0.825. The lowest BCUT2D eigenvalue weighted by molar-refractivity contribution is 1.04. The number of thiophene rings is 1. The molecule has 0 N–H and O–H groups in total. The number of hydrogen-bond acceptors (Lipinski definition) is 3. The van der Waals surface area contributed by atoms with E-state index in [0.29, 0.717) is 0 Å². The summed E-state index contributed by atoms with van der Waals surface area (Å²) in [5, 5.41) is 2.49. The summed E-state index contributed by atoms with van der Waals surface area (Å²) in [6, 6.07) is 18.7. The molecular formula is C18H14N2S. The van der Waals surface area contributed by atoms with Gasteiger partial charge in [-0.3, -0.25) is 0 Å². The minimum Gasteiger partial charge on any atom is -0.232 e. The van der Waals surface area contributed by atoms with Gasteiger partial charge >= 0.3 is 0 Å². The fourth-order valence-corrected chi connectivity index (χ4v) is 3.76. The number of hydrogen-bond donors (Lipinski definition) is 0. The summed E-state index contributed by atoms with van der Waals surface area (Å²) in [7, 11) is 0. The van der Waals surface area contributed by atoms with Crippen LogP contribution in [0.5, 0.6) is 0 Å². The zero-order valence-electron chi connectivity index (χ0n) is 11.7. The molecule has 0 aliphatic rings. The molecule has 2 heterocycles. The van der Waals surface area contributed by atoms with Crippen LogP contribution in [0.2, 0.25) is 0 Å². The van der Waals surface area contributed by atoms with Crippen LogP contribution in [0, 0.1) is 0 Å². The first-order chi connectivity index (χ1) is 10.4. The highest BCUT2D eigenvalue weighted by Gasteiger charge is 2.13. The third-order valence-corrected chi connectivity index (χ3v) is 4.75. The van der Waals surface area contributed by atoms with E-state index < -0.39 is 0 Å². The van der Waals surface area contributed by atoms with Gasteiger partial charge in [0, 0.05) is 21.0 Å². The molecule has 4 aromatic rings. The van der Waals surface area contributed by atoms with Crippen molar-refractivity contribution in [3.05, 3.63) is 60.3 Å². The van der Waals surface area contributed by atoms with E-state index in [-0.39, 0.29) is 0 Å². The van der Waals surface area contributed by atoms with Gasteiger partial charge in [-0.05, 0) is 12.5 Å². The molecule has 0 bridgehead atoms. The molecule has 0 saturated heterocycles. The van der Waals surface area contributed by atoms with Crippen LogP contribution in [0.4, 0.5) is 0 Å². The van der Waals surface area contributed by atoms with Gasteiger partial charge in [-0.25, -0.2) is 9.97 Å². The second-order valence-electron chi connectivity index (χ2n) is 4.99. The molecule has 2 aromatic heterocycles. The molecule has 21 heavy (non-hydrogen) atoms. The molecule has 0 atom stereocenters. The Balaban J connectivity index is 2.07. The zero-order chi connectivity index (χ0) is 14.2. The Morgan fingerprint density at radius 1 is 0.905 bits per heavy atom. The maximum atomic E-state index is 4.81. The zero-order valence-corrected chi connectivity index (χ0v) is 12.5. The Morgan fingerprint density at radius 2 is 1.67 bits per heavy atom. The molecule has 4 rings (SSSR count). The van der Waals surface area contributed by atoms with Gasteiger partial charge in [0.25, 0.3) is 0 Å². The molecule has 0 fully saturated rings. The Kier molecular flexibility index (Phi) is 2.93. The van der Waals surface area contributed by atoms with Crippen LogP contribution < -0.4 is 0 Å². The van der Waals surface area contributed by atoms with Crippen LogP contribution in [0.3, 0.4) is 0 Å². The number of rotatable bonds is 2. The molecule has 3 heteroatoms. The smallest absolute Gasteiger partial charge is 0.161 e. The van der Waals surface area contributed by atoms with Gasteiger partial charge in [-0.15, -0.1) is 11.3 Å². The highest BCUT2D eigenvalue weighted by molar-refractivity contribution is 7.25. The molecule has 102 valence electrons. The molecule has 0 aliphatic heterocycles. The Bertz CT molecular complexity index is 926. The third-order valence-electron chi connectivity index (χ3n) is 3.68. The number of aromatic nitrogens is 2. The van der Waals surface area contributed by atoms with Gasteiger partial charge < -0.3 is 0 Å². The largest absolute Gasteiger partial charge is 0.232 e. The predicted molar refractivity (Wildman–Crippen MR) is 89.7 cm³/mol. The van der Waals surface area contributed by atoms with Crippen molar-refractivity contribution in [3.63, 3.8) is 0 Å². The first-order valence-corrected chi connectivity index (χ1v) is 7.92. The standard InChI is InChI=1S/C18H14N2S/c1-2-14-16-13-10-6-7-11-15(13)21-18(16)20-17(19-14)12-8-4-3-5-9-12/h3-11H,2H2,1H3. The number of benzene rings is 2. The summed E-state index contributed by atoms with van der Waals surface area (Å²) in [5.41, 5.74) is 2.21. The summed E-state index contributed by atoms with van der Waals surface area (Å²) in [6.07, 6.45) is 0.916. The van der Waals surface area contributed by atoms with E-state index >= 15 is 0 Å². The normalized spacial score (nSPS) is 11.3. The van der Waals surface area contributed by atoms with Crippen LogP contribution in [0.25, 0.3) is 31.7 Å². The first-order valence-electron chi connectivity index (χ1n) is 7.10. The number of fused-ring (bicyclic) bond motifs is 3. The monoisotopic (exact) mass is 290 g/mol. The van der Waals surface area contributed by atoms with Crippen LogP contribution in [-0.2, 0) is 6.42 Å². The fourth-order valence-electron chi connectivity index (χ4n) is 2.67. The second-order valence-corrected chi connectivity index (χ2v) is 6.02. The lowest BCUT2D eigenvalue weighted by Crippen LogP contribution is -1.95. The molecule has 0 saturated carbocycles. The average Bonchev–Trinajstić information content (AvgIpc) is 2.93. The molecule has 0 unspecified atom stereocenters. The van der Waals surface area contributed by atoms with Crippen molar-refractivity contribution in [1.29, 1.82) is 0 Å². The number of nitrogens with zero attached hydrogens (tertiary/aromatic N) is 2. The van der Waals surface area contributed by atoms with E-state index in [9.17, 15) is 0 Å². The van der Waals surface area contributed by atoms with E-state index in [1.54, 1.807) is 11.3 Å². The molecule has 0 aliphatic carbocycles. The van der Waals surface area contributed by atoms with Crippen LogP contribution in [-0.4, -0.2) is 9.97 Å². The van der Waals surface area contributed by atoms with E-state index in [2.05, 4.69) is 43.3 Å². The molecular weight excluding hydrogens is 276 g/mol. The van der Waals surface area contributed by atoms with Gasteiger partial charge in [0.15, 0.2) is 5.82 Å². The molecule has 0 radical (unpaired) electrons. The third kappa shape index (κ3) is 2.01. The minimum atomic E-state index is 0.825. The van der Waals surface area contributed by atoms with E-state index in [0.717, 1.165) is 28.3 Å². The lowest BCUT2D eigenvalue weighted by atomic mass is 10.1. The lowest BCUT2D eigenvalue weighted by Gasteiger charge is -2.04. The van der Waals surface area contributed by atoms with E-state index in [4.69, 9.17) is 9.97 Å². The van der Waals surface area contributed by atoms with Crippen molar-refractivity contribution >= 4 is 31.6 Å². The topological polar surface area (TPSA) is 25.8 Å². The van der Waals surface area contributed by atoms with Crippen LogP contribution in [0.15, 0.2) is 54.6 Å². The summed E-state index contributed by atoms with van der Waals surface area (Å²) in [6.45, 7) is 2.16. The van der Waals surface area contributed by atoms with Crippen molar-refractivity contribution in [2.45, 2.75) is 13.3 Å². The quantitative estimate of drug-likeness (QED) is 0.515. The highest BCUT2D eigenvalue weighted by Crippen LogP contribution is 2.35. The fraction of sp³-hybridized carbons (Fsp3) is 0.111. The second kappa shape index (κ2) is 4.93. The van der Waals surface area contributed by atoms with Gasteiger partial charge in [0.1, 0.15) is 4.83 Å². The molecule has 2 aromatic carbocycles. The summed E-state index contributed by atoms with van der Waals surface area (Å²) in [5.74, 6) is 0.825. The average molecular weight is 290 g/mol. The molecule has 2 nitrogen and oxygen atoms in total. The van der Waals surface area contributed by atoms with Crippen LogP contribution >= 0.6 is 11.3 Å². The van der Waals surface area contributed by atoms with Gasteiger partial charge in [-0.1, -0.05) is 55.5 Å².